The van der Waals surface area contributed by atoms with Crippen molar-refractivity contribution < 1.29 is 14.3 Å². The van der Waals surface area contributed by atoms with Gasteiger partial charge in [0.15, 0.2) is 0 Å². The van der Waals surface area contributed by atoms with Crippen molar-refractivity contribution in [3.8, 4) is 11.5 Å². The fourth-order valence-electron chi connectivity index (χ4n) is 5.12. The number of likely N-dealkylation sites (tertiary alicyclic amines) is 1. The quantitative estimate of drug-likeness (QED) is 0.251. The molecule has 1 aliphatic rings. The Morgan fingerprint density at radius 3 is 2.59 bits per heavy atom. The Balaban J connectivity index is 1.25. The lowest BCUT2D eigenvalue weighted by Crippen LogP contribution is -2.24. The van der Waals surface area contributed by atoms with E-state index in [4.69, 9.17) is 14.5 Å². The van der Waals surface area contributed by atoms with E-state index >= 15 is 0 Å². The Hall–Kier alpha value is -3.80. The van der Waals surface area contributed by atoms with Crippen LogP contribution in [0.2, 0.25) is 0 Å². The van der Waals surface area contributed by atoms with Crippen LogP contribution in [0.1, 0.15) is 47.7 Å². The van der Waals surface area contributed by atoms with Gasteiger partial charge in [-0.1, -0.05) is 36.4 Å². The minimum atomic E-state index is 0.0874. The highest BCUT2D eigenvalue weighted by atomic mass is 16.5. The van der Waals surface area contributed by atoms with Gasteiger partial charge in [-0.15, -0.1) is 0 Å². The van der Waals surface area contributed by atoms with Gasteiger partial charge in [0, 0.05) is 32.0 Å². The third-order valence-electron chi connectivity index (χ3n) is 7.38. The maximum atomic E-state index is 12.9. The molecule has 1 aromatic heterocycles. The molecule has 6 nitrogen and oxygen atoms in total. The first kappa shape index (κ1) is 24.9. The number of methoxy groups -OCH3 is 1. The molecule has 0 bridgehead atoms. The van der Waals surface area contributed by atoms with Crippen LogP contribution in [0.3, 0.4) is 0 Å². The number of carbonyl (C=O) groups excluding carboxylic acids is 1. The fraction of sp³-hybridized carbons (Fsp3) is 0.355. The summed E-state index contributed by atoms with van der Waals surface area (Å²) in [6.07, 6.45) is 2.43. The molecule has 2 heterocycles. The number of ether oxygens (including phenoxy) is 2. The number of para-hydroxylation sites is 2. The van der Waals surface area contributed by atoms with Crippen molar-refractivity contribution in [3.05, 3.63) is 89.2 Å². The number of imidazole rings is 1. The minimum Gasteiger partial charge on any atom is -0.497 e. The lowest BCUT2D eigenvalue weighted by molar-refractivity contribution is -0.128. The summed E-state index contributed by atoms with van der Waals surface area (Å²) in [7, 11) is 1.66. The highest BCUT2D eigenvalue weighted by Crippen LogP contribution is 2.32. The van der Waals surface area contributed by atoms with Crippen LogP contribution in [0.4, 0.5) is 0 Å². The van der Waals surface area contributed by atoms with Crippen LogP contribution in [0.15, 0.2) is 66.7 Å². The number of hydrogen-bond acceptors (Lipinski definition) is 4. The number of benzene rings is 3. The van der Waals surface area contributed by atoms with Crippen molar-refractivity contribution in [2.75, 3.05) is 20.3 Å². The second-order valence-electron chi connectivity index (χ2n) is 9.89. The number of rotatable bonds is 10. The zero-order valence-corrected chi connectivity index (χ0v) is 21.9. The molecule has 1 aliphatic heterocycles. The van der Waals surface area contributed by atoms with E-state index in [1.807, 2.05) is 47.4 Å². The van der Waals surface area contributed by atoms with Gasteiger partial charge in [0.25, 0.3) is 0 Å². The van der Waals surface area contributed by atoms with Crippen molar-refractivity contribution in [2.45, 2.75) is 52.1 Å². The number of aromatic nitrogens is 2. The highest BCUT2D eigenvalue weighted by Gasteiger charge is 2.34. The second-order valence-corrected chi connectivity index (χ2v) is 9.89. The minimum absolute atomic E-state index is 0.0874. The van der Waals surface area contributed by atoms with Crippen LogP contribution >= 0.6 is 0 Å². The molecule has 37 heavy (non-hydrogen) atoms. The van der Waals surface area contributed by atoms with Gasteiger partial charge in [0.1, 0.15) is 17.3 Å². The Labute approximate surface area is 218 Å². The van der Waals surface area contributed by atoms with E-state index in [0.717, 1.165) is 53.3 Å². The van der Waals surface area contributed by atoms with Gasteiger partial charge in [-0.3, -0.25) is 4.79 Å². The molecule has 1 saturated heterocycles. The molecule has 0 N–H and O–H groups in total. The molecule has 5 rings (SSSR count). The predicted octanol–water partition coefficient (Wildman–Crippen LogP) is 6.04. The number of hydrogen-bond donors (Lipinski definition) is 0. The molecule has 0 radical (unpaired) electrons. The predicted molar refractivity (Wildman–Crippen MR) is 146 cm³/mol. The molecular weight excluding hydrogens is 462 g/mol. The molecule has 0 saturated carbocycles. The van der Waals surface area contributed by atoms with E-state index < -0.39 is 0 Å². The molecule has 0 spiro atoms. The Morgan fingerprint density at radius 2 is 1.78 bits per heavy atom. The van der Waals surface area contributed by atoms with Gasteiger partial charge in [-0.25, -0.2) is 4.98 Å². The van der Waals surface area contributed by atoms with Crippen molar-refractivity contribution in [2.24, 2.45) is 0 Å². The zero-order chi connectivity index (χ0) is 25.8. The summed E-state index contributed by atoms with van der Waals surface area (Å²) in [5, 5.41) is 0. The molecule has 192 valence electrons. The molecule has 1 atom stereocenters. The topological polar surface area (TPSA) is 56.6 Å². The zero-order valence-electron chi connectivity index (χ0n) is 21.9. The lowest BCUT2D eigenvalue weighted by Gasteiger charge is -2.18. The van der Waals surface area contributed by atoms with E-state index in [0.29, 0.717) is 26.1 Å². The molecule has 0 aliphatic carbocycles. The van der Waals surface area contributed by atoms with Crippen LogP contribution in [0.5, 0.6) is 11.5 Å². The lowest BCUT2D eigenvalue weighted by atomic mass is 10.1. The van der Waals surface area contributed by atoms with Crippen LogP contribution in [-0.2, 0) is 17.9 Å². The molecule has 4 aromatic rings. The average Bonchev–Trinajstić information content (AvgIpc) is 3.46. The number of unbranched alkanes of at least 4 members (excludes halogenated alkanes) is 1. The highest BCUT2D eigenvalue weighted by molar-refractivity contribution is 5.81. The number of nitrogens with zero attached hydrogens (tertiary/aromatic N) is 3. The number of carbonyl (C=O) groups is 1. The van der Waals surface area contributed by atoms with Crippen molar-refractivity contribution in [1.82, 2.24) is 14.5 Å². The van der Waals surface area contributed by atoms with Gasteiger partial charge in [-0.2, -0.15) is 0 Å². The smallest absolute Gasteiger partial charge is 0.223 e. The molecule has 1 unspecified atom stereocenters. The molecular formula is C31H35N3O3. The molecule has 1 fully saturated rings. The van der Waals surface area contributed by atoms with Gasteiger partial charge >= 0.3 is 0 Å². The van der Waals surface area contributed by atoms with E-state index in [2.05, 4.69) is 42.7 Å². The van der Waals surface area contributed by atoms with Crippen LogP contribution in [0.25, 0.3) is 11.0 Å². The monoisotopic (exact) mass is 497 g/mol. The first-order chi connectivity index (χ1) is 18.0. The Morgan fingerprint density at radius 1 is 0.973 bits per heavy atom. The molecule has 1 amide bonds. The molecule has 6 heteroatoms. The maximum absolute atomic E-state index is 12.9. The standard InChI is InChI=1S/C31H35N3O3/c1-22-9-8-12-29(23(22)2)37-18-7-6-17-34-28-11-5-4-10-27(28)32-31(34)25-19-30(35)33(21-25)20-24-13-15-26(36-3)16-14-24/h4-5,8-16,25H,6-7,17-21H2,1-3H3. The normalized spacial score (nSPS) is 15.5. The Kier molecular flexibility index (Phi) is 7.45. The van der Waals surface area contributed by atoms with E-state index in [-0.39, 0.29) is 11.8 Å². The van der Waals surface area contributed by atoms with Crippen LogP contribution in [-0.4, -0.2) is 40.6 Å². The summed E-state index contributed by atoms with van der Waals surface area (Å²) in [4.78, 5) is 19.9. The molecule has 3 aromatic carbocycles. The van der Waals surface area contributed by atoms with Crippen molar-refractivity contribution in [1.29, 1.82) is 0 Å². The first-order valence-electron chi connectivity index (χ1n) is 13.1. The summed E-state index contributed by atoms with van der Waals surface area (Å²) >= 11 is 0. The van der Waals surface area contributed by atoms with E-state index in [9.17, 15) is 4.79 Å². The third kappa shape index (κ3) is 5.48. The fourth-order valence-corrected chi connectivity index (χ4v) is 5.12. The van der Waals surface area contributed by atoms with E-state index in [1.165, 1.54) is 11.1 Å². The average molecular weight is 498 g/mol. The van der Waals surface area contributed by atoms with Crippen LogP contribution in [0, 0.1) is 13.8 Å². The second kappa shape index (κ2) is 11.1. The number of fused-ring (bicyclic) bond motifs is 1. The Bertz CT molecular complexity index is 1380. The SMILES string of the molecule is COc1ccc(CN2CC(c3nc4ccccc4n3CCCCOc3cccc(C)c3C)CC2=O)cc1. The summed E-state index contributed by atoms with van der Waals surface area (Å²) in [5.74, 6) is 3.07. The third-order valence-corrected chi connectivity index (χ3v) is 7.38. The number of amides is 1. The maximum Gasteiger partial charge on any atom is 0.223 e. The van der Waals surface area contributed by atoms with E-state index in [1.54, 1.807) is 7.11 Å². The summed E-state index contributed by atoms with van der Waals surface area (Å²) < 4.78 is 13.6. The van der Waals surface area contributed by atoms with Crippen molar-refractivity contribution in [3.63, 3.8) is 0 Å². The number of aryl methyl sites for hydroxylation is 2. The summed E-state index contributed by atoms with van der Waals surface area (Å²) in [6.45, 7) is 7.05. The van der Waals surface area contributed by atoms with Gasteiger partial charge in [-0.05, 0) is 73.7 Å². The summed E-state index contributed by atoms with van der Waals surface area (Å²) in [5.41, 5.74) is 5.68. The first-order valence-corrected chi connectivity index (χ1v) is 13.1. The van der Waals surface area contributed by atoms with Gasteiger partial charge < -0.3 is 18.9 Å². The van der Waals surface area contributed by atoms with Gasteiger partial charge in [0.05, 0.1) is 24.8 Å². The summed E-state index contributed by atoms with van der Waals surface area (Å²) in [6, 6.07) is 22.4. The van der Waals surface area contributed by atoms with Gasteiger partial charge in [0.2, 0.25) is 5.91 Å². The largest absolute Gasteiger partial charge is 0.497 e. The van der Waals surface area contributed by atoms with Crippen molar-refractivity contribution >= 4 is 16.9 Å². The van der Waals surface area contributed by atoms with Crippen LogP contribution < -0.4 is 9.47 Å².